The first kappa shape index (κ1) is 16.6. The first-order valence-electron chi connectivity index (χ1n) is 7.04. The zero-order valence-corrected chi connectivity index (χ0v) is 14.1. The van der Waals surface area contributed by atoms with Gasteiger partial charge < -0.3 is 10.1 Å². The first-order valence-corrected chi connectivity index (χ1v) is 9.30. The summed E-state index contributed by atoms with van der Waals surface area (Å²) in [6, 6.07) is 3.59. The topological polar surface area (TPSA) is 58.6 Å². The Balaban J connectivity index is 2.06. The molecular weight excluding hydrogens is 308 g/mol. The number of hydrogen-bond acceptors (Lipinski definition) is 5. The lowest BCUT2D eigenvalue weighted by molar-refractivity contribution is 0.219. The van der Waals surface area contributed by atoms with E-state index in [9.17, 15) is 8.42 Å². The molecule has 21 heavy (non-hydrogen) atoms. The van der Waals surface area contributed by atoms with Crippen LogP contribution in [-0.2, 0) is 21.3 Å². The van der Waals surface area contributed by atoms with Gasteiger partial charge in [0.25, 0.3) is 10.0 Å². The lowest BCUT2D eigenvalue weighted by Crippen LogP contribution is -2.34. The average molecular weight is 330 g/mol. The van der Waals surface area contributed by atoms with Crippen molar-refractivity contribution in [1.82, 2.24) is 9.62 Å². The second-order valence-electron chi connectivity index (χ2n) is 4.91. The highest BCUT2D eigenvalue weighted by atomic mass is 32.2. The standard InChI is InChI=1S/C14H22N2O3S2/c1-3-15-10-13-4-5-14(20-13)21(17,18)16-8-6-12(7-9-16)11-19-2/h4-6,15H,3,7-11H2,1-2H3. The van der Waals surface area contributed by atoms with Crippen molar-refractivity contribution >= 4 is 21.4 Å². The number of ether oxygens (including phenoxy) is 1. The molecule has 1 aliphatic heterocycles. The predicted octanol–water partition coefficient (Wildman–Crippen LogP) is 1.82. The smallest absolute Gasteiger partial charge is 0.252 e. The summed E-state index contributed by atoms with van der Waals surface area (Å²) in [4.78, 5) is 1.04. The minimum atomic E-state index is -3.37. The molecule has 0 atom stereocenters. The maximum Gasteiger partial charge on any atom is 0.252 e. The van der Waals surface area contributed by atoms with Crippen LogP contribution in [-0.4, -0.2) is 46.1 Å². The molecule has 1 aliphatic rings. The molecule has 7 heteroatoms. The Morgan fingerprint density at radius 2 is 2.24 bits per heavy atom. The van der Waals surface area contributed by atoms with Gasteiger partial charge in [-0.05, 0) is 30.7 Å². The van der Waals surface area contributed by atoms with E-state index < -0.39 is 10.0 Å². The van der Waals surface area contributed by atoms with E-state index in [1.54, 1.807) is 13.2 Å². The first-order chi connectivity index (χ1) is 10.1. The van der Waals surface area contributed by atoms with E-state index >= 15 is 0 Å². The highest BCUT2D eigenvalue weighted by Crippen LogP contribution is 2.26. The van der Waals surface area contributed by atoms with E-state index in [-0.39, 0.29) is 0 Å². The average Bonchev–Trinajstić information content (AvgIpc) is 2.96. The van der Waals surface area contributed by atoms with Crippen molar-refractivity contribution in [1.29, 1.82) is 0 Å². The molecule has 1 aromatic rings. The highest BCUT2D eigenvalue weighted by Gasteiger charge is 2.27. The fraction of sp³-hybridized carbons (Fsp3) is 0.571. The summed E-state index contributed by atoms with van der Waals surface area (Å²) >= 11 is 1.35. The molecule has 0 saturated carbocycles. The summed E-state index contributed by atoms with van der Waals surface area (Å²) in [6.45, 7) is 5.16. The number of thiophene rings is 1. The molecule has 2 heterocycles. The fourth-order valence-electron chi connectivity index (χ4n) is 2.19. The predicted molar refractivity (Wildman–Crippen MR) is 85.0 cm³/mol. The van der Waals surface area contributed by atoms with Crippen LogP contribution in [0, 0.1) is 0 Å². The van der Waals surface area contributed by atoms with Crippen LogP contribution < -0.4 is 5.32 Å². The van der Waals surface area contributed by atoms with E-state index in [0.717, 1.165) is 17.8 Å². The van der Waals surface area contributed by atoms with Gasteiger partial charge in [-0.2, -0.15) is 4.31 Å². The molecule has 2 rings (SSSR count). The second-order valence-corrected chi connectivity index (χ2v) is 8.24. The van der Waals surface area contributed by atoms with Crippen LogP contribution in [0.2, 0.25) is 0 Å². The minimum absolute atomic E-state index is 0.430. The van der Waals surface area contributed by atoms with Crippen LogP contribution in [0.15, 0.2) is 28.0 Å². The van der Waals surface area contributed by atoms with Crippen LogP contribution >= 0.6 is 11.3 Å². The maximum absolute atomic E-state index is 12.6. The van der Waals surface area contributed by atoms with Crippen molar-refractivity contribution in [3.63, 3.8) is 0 Å². The third-order valence-electron chi connectivity index (χ3n) is 3.38. The van der Waals surface area contributed by atoms with Crippen molar-refractivity contribution in [3.05, 3.63) is 28.7 Å². The van der Waals surface area contributed by atoms with Gasteiger partial charge >= 0.3 is 0 Å². The Bertz CT molecular complexity index is 593. The Labute approximate surface area is 130 Å². The Hall–Kier alpha value is -0.730. The van der Waals surface area contributed by atoms with Gasteiger partial charge in [-0.15, -0.1) is 11.3 Å². The Morgan fingerprint density at radius 3 is 2.86 bits per heavy atom. The van der Waals surface area contributed by atoms with Gasteiger partial charge in [-0.25, -0.2) is 8.42 Å². The fourth-order valence-corrected chi connectivity index (χ4v) is 5.06. The Morgan fingerprint density at radius 1 is 1.43 bits per heavy atom. The van der Waals surface area contributed by atoms with E-state index in [4.69, 9.17) is 4.74 Å². The normalized spacial score (nSPS) is 17.0. The summed E-state index contributed by atoms with van der Waals surface area (Å²) in [5.74, 6) is 0. The van der Waals surface area contributed by atoms with Crippen molar-refractivity contribution in [2.75, 3.05) is 33.4 Å². The number of hydrogen-bond donors (Lipinski definition) is 1. The molecule has 118 valence electrons. The molecule has 0 unspecified atom stereocenters. The quantitative estimate of drug-likeness (QED) is 0.775. The number of nitrogens with zero attached hydrogens (tertiary/aromatic N) is 1. The highest BCUT2D eigenvalue weighted by molar-refractivity contribution is 7.91. The molecule has 1 N–H and O–H groups in total. The molecule has 0 fully saturated rings. The van der Waals surface area contributed by atoms with Crippen molar-refractivity contribution in [2.24, 2.45) is 0 Å². The minimum Gasteiger partial charge on any atom is -0.380 e. The van der Waals surface area contributed by atoms with Gasteiger partial charge in [0.15, 0.2) is 0 Å². The van der Waals surface area contributed by atoms with E-state index in [0.29, 0.717) is 30.5 Å². The monoisotopic (exact) mass is 330 g/mol. The lowest BCUT2D eigenvalue weighted by Gasteiger charge is -2.25. The largest absolute Gasteiger partial charge is 0.380 e. The van der Waals surface area contributed by atoms with Gasteiger partial charge in [0.1, 0.15) is 4.21 Å². The van der Waals surface area contributed by atoms with Crippen LogP contribution in [0.25, 0.3) is 0 Å². The molecule has 0 bridgehead atoms. The number of methoxy groups -OCH3 is 1. The van der Waals surface area contributed by atoms with Gasteiger partial charge in [-0.3, -0.25) is 0 Å². The van der Waals surface area contributed by atoms with Crippen LogP contribution in [0.3, 0.4) is 0 Å². The third-order valence-corrected chi connectivity index (χ3v) is 6.79. The van der Waals surface area contributed by atoms with E-state index in [2.05, 4.69) is 5.32 Å². The number of nitrogens with one attached hydrogen (secondary N) is 1. The third kappa shape index (κ3) is 4.14. The van der Waals surface area contributed by atoms with Gasteiger partial charge in [0.05, 0.1) is 6.61 Å². The zero-order valence-electron chi connectivity index (χ0n) is 12.5. The van der Waals surface area contributed by atoms with Crippen LogP contribution in [0.5, 0.6) is 0 Å². The van der Waals surface area contributed by atoms with Crippen LogP contribution in [0.4, 0.5) is 0 Å². The summed E-state index contributed by atoms with van der Waals surface area (Å²) < 4.78 is 32.2. The lowest BCUT2D eigenvalue weighted by atomic mass is 10.1. The van der Waals surface area contributed by atoms with E-state index in [1.807, 2.05) is 19.1 Å². The second kappa shape index (κ2) is 7.51. The molecule has 0 aliphatic carbocycles. The van der Waals surface area contributed by atoms with Gasteiger partial charge in [0, 0.05) is 31.6 Å². The summed E-state index contributed by atoms with van der Waals surface area (Å²) in [6.07, 6.45) is 2.69. The van der Waals surface area contributed by atoms with Crippen LogP contribution in [0.1, 0.15) is 18.2 Å². The molecule has 0 spiro atoms. The number of rotatable bonds is 7. The number of sulfonamides is 1. The zero-order chi connectivity index (χ0) is 15.3. The summed E-state index contributed by atoms with van der Waals surface area (Å²) in [5.41, 5.74) is 1.17. The summed E-state index contributed by atoms with van der Waals surface area (Å²) in [5, 5.41) is 3.21. The van der Waals surface area contributed by atoms with Crippen molar-refractivity contribution in [3.8, 4) is 0 Å². The van der Waals surface area contributed by atoms with Crippen molar-refractivity contribution in [2.45, 2.75) is 24.1 Å². The molecular formula is C14H22N2O3S2. The molecule has 5 nitrogen and oxygen atoms in total. The van der Waals surface area contributed by atoms with Gasteiger partial charge in [-0.1, -0.05) is 13.0 Å². The van der Waals surface area contributed by atoms with Crippen molar-refractivity contribution < 1.29 is 13.2 Å². The SMILES string of the molecule is CCNCc1ccc(S(=O)(=O)N2CC=C(COC)CC2)s1. The van der Waals surface area contributed by atoms with Gasteiger partial charge in [0.2, 0.25) is 0 Å². The molecule has 0 amide bonds. The molecule has 0 radical (unpaired) electrons. The van der Waals surface area contributed by atoms with E-state index in [1.165, 1.54) is 21.2 Å². The molecule has 1 aromatic heterocycles. The summed E-state index contributed by atoms with van der Waals surface area (Å²) in [7, 11) is -1.71. The maximum atomic E-state index is 12.6. The molecule has 0 saturated heterocycles. The molecule has 0 aromatic carbocycles. The Kier molecular flexibility index (Phi) is 5.95.